The van der Waals surface area contributed by atoms with E-state index >= 15 is 0 Å². The largest absolute Gasteiger partial charge is 0.393 e. The first-order valence-electron chi connectivity index (χ1n) is 4.79. The van der Waals surface area contributed by atoms with Crippen molar-refractivity contribution in [1.29, 1.82) is 0 Å². The summed E-state index contributed by atoms with van der Waals surface area (Å²) in [5.41, 5.74) is 1.11. The highest BCUT2D eigenvalue weighted by atomic mass is 16.3. The molecule has 1 N–H and O–H groups in total. The van der Waals surface area contributed by atoms with Crippen LogP contribution in [0.15, 0.2) is 6.20 Å². The molecule has 0 bridgehead atoms. The highest BCUT2D eigenvalue weighted by Gasteiger charge is 2.04. The van der Waals surface area contributed by atoms with Crippen molar-refractivity contribution in [3.8, 4) is 0 Å². The lowest BCUT2D eigenvalue weighted by molar-refractivity contribution is 0.184. The van der Waals surface area contributed by atoms with Crippen molar-refractivity contribution < 1.29 is 5.11 Å². The first-order valence-corrected chi connectivity index (χ1v) is 4.79. The molecule has 1 aromatic rings. The van der Waals surface area contributed by atoms with Gasteiger partial charge in [0.15, 0.2) is 0 Å². The van der Waals surface area contributed by atoms with Gasteiger partial charge in [0.2, 0.25) is 0 Å². The van der Waals surface area contributed by atoms with Crippen LogP contribution >= 0.6 is 0 Å². The van der Waals surface area contributed by atoms with Crippen molar-refractivity contribution in [1.82, 2.24) is 15.0 Å². The third-order valence-electron chi connectivity index (χ3n) is 1.95. The molecule has 0 aliphatic heterocycles. The second kappa shape index (κ2) is 4.97. The fourth-order valence-electron chi connectivity index (χ4n) is 1.23. The molecular formula is C9H17N3O. The zero-order chi connectivity index (χ0) is 9.68. The molecule has 0 aliphatic rings. The van der Waals surface area contributed by atoms with Crippen molar-refractivity contribution in [3.63, 3.8) is 0 Å². The van der Waals surface area contributed by atoms with Gasteiger partial charge in [-0.05, 0) is 26.2 Å². The lowest BCUT2D eigenvalue weighted by Gasteiger charge is -2.05. The number of hydrogen-bond donors (Lipinski definition) is 1. The molecule has 13 heavy (non-hydrogen) atoms. The molecular weight excluding hydrogens is 166 g/mol. The van der Waals surface area contributed by atoms with Crippen LogP contribution in [-0.4, -0.2) is 26.2 Å². The molecule has 74 valence electrons. The second-order valence-corrected chi connectivity index (χ2v) is 3.34. The summed E-state index contributed by atoms with van der Waals surface area (Å²) in [6, 6.07) is 0. The number of aliphatic hydroxyl groups is 1. The summed E-state index contributed by atoms with van der Waals surface area (Å²) >= 11 is 0. The van der Waals surface area contributed by atoms with Gasteiger partial charge >= 0.3 is 0 Å². The Bertz CT molecular complexity index is 245. The normalized spacial score (nSPS) is 13.2. The lowest BCUT2D eigenvalue weighted by Crippen LogP contribution is -2.08. The molecule has 1 unspecified atom stereocenters. The zero-order valence-corrected chi connectivity index (χ0v) is 8.27. The van der Waals surface area contributed by atoms with Crippen LogP contribution in [0.3, 0.4) is 0 Å². The van der Waals surface area contributed by atoms with Gasteiger partial charge in [0.1, 0.15) is 0 Å². The second-order valence-electron chi connectivity index (χ2n) is 3.34. The fourth-order valence-corrected chi connectivity index (χ4v) is 1.23. The van der Waals surface area contributed by atoms with E-state index in [-0.39, 0.29) is 6.10 Å². The third-order valence-corrected chi connectivity index (χ3v) is 1.95. The quantitative estimate of drug-likeness (QED) is 0.741. The van der Waals surface area contributed by atoms with E-state index in [1.807, 2.05) is 4.68 Å². The third kappa shape index (κ3) is 3.14. The van der Waals surface area contributed by atoms with Crippen LogP contribution in [0.1, 0.15) is 32.4 Å². The first-order chi connectivity index (χ1) is 6.24. The van der Waals surface area contributed by atoms with Crippen LogP contribution in [0.5, 0.6) is 0 Å². The summed E-state index contributed by atoms with van der Waals surface area (Å²) < 4.78 is 1.91. The van der Waals surface area contributed by atoms with E-state index in [4.69, 9.17) is 5.11 Å². The smallest absolute Gasteiger partial charge is 0.0725 e. The van der Waals surface area contributed by atoms with Crippen LogP contribution in [0, 0.1) is 0 Å². The highest BCUT2D eigenvalue weighted by molar-refractivity contribution is 4.94. The summed E-state index contributed by atoms with van der Waals surface area (Å²) in [6.07, 6.45) is 4.22. The molecule has 0 fully saturated rings. The predicted molar refractivity (Wildman–Crippen MR) is 50.3 cm³/mol. The number of rotatable bonds is 5. The molecule has 0 saturated carbocycles. The van der Waals surface area contributed by atoms with Gasteiger partial charge in [-0.15, -0.1) is 5.10 Å². The van der Waals surface area contributed by atoms with E-state index < -0.39 is 0 Å². The van der Waals surface area contributed by atoms with Crippen molar-refractivity contribution >= 4 is 0 Å². The van der Waals surface area contributed by atoms with Crippen molar-refractivity contribution in [2.24, 2.45) is 0 Å². The molecule has 1 heterocycles. The summed E-state index contributed by atoms with van der Waals surface area (Å²) in [5.74, 6) is 0. The van der Waals surface area contributed by atoms with E-state index in [1.165, 1.54) is 0 Å². The molecule has 0 aromatic carbocycles. The Morgan fingerprint density at radius 3 is 3.00 bits per heavy atom. The average Bonchev–Trinajstić information content (AvgIpc) is 2.49. The van der Waals surface area contributed by atoms with Gasteiger partial charge in [-0.25, -0.2) is 4.68 Å². The average molecular weight is 183 g/mol. The Labute approximate surface area is 78.6 Å². The molecule has 0 spiro atoms. The van der Waals surface area contributed by atoms with Crippen molar-refractivity contribution in [2.45, 2.75) is 45.8 Å². The number of aromatic nitrogens is 3. The Kier molecular flexibility index (Phi) is 3.89. The zero-order valence-electron chi connectivity index (χ0n) is 8.27. The van der Waals surface area contributed by atoms with E-state index in [0.29, 0.717) is 0 Å². The van der Waals surface area contributed by atoms with Gasteiger partial charge < -0.3 is 5.11 Å². The minimum absolute atomic E-state index is 0.245. The summed E-state index contributed by atoms with van der Waals surface area (Å²) in [7, 11) is 0. The Balaban J connectivity index is 2.49. The van der Waals surface area contributed by atoms with Crippen molar-refractivity contribution in [2.75, 3.05) is 0 Å². The van der Waals surface area contributed by atoms with Crippen molar-refractivity contribution in [3.05, 3.63) is 11.9 Å². The maximum Gasteiger partial charge on any atom is 0.0725 e. The van der Waals surface area contributed by atoms with Crippen LogP contribution < -0.4 is 0 Å². The SMILES string of the molecule is CCCn1nncc1CCC(C)O. The Hall–Kier alpha value is -0.900. The molecule has 4 nitrogen and oxygen atoms in total. The minimum Gasteiger partial charge on any atom is -0.393 e. The Morgan fingerprint density at radius 1 is 1.62 bits per heavy atom. The van der Waals surface area contributed by atoms with E-state index in [1.54, 1.807) is 13.1 Å². The molecule has 1 atom stereocenters. The topological polar surface area (TPSA) is 50.9 Å². The molecule has 4 heteroatoms. The summed E-state index contributed by atoms with van der Waals surface area (Å²) in [6.45, 7) is 4.82. The minimum atomic E-state index is -0.245. The predicted octanol–water partition coefficient (Wildman–Crippen LogP) is 1.00. The van der Waals surface area contributed by atoms with Crippen LogP contribution in [-0.2, 0) is 13.0 Å². The molecule has 1 aromatic heterocycles. The summed E-state index contributed by atoms with van der Waals surface area (Å²) in [4.78, 5) is 0. The number of hydrogen-bond acceptors (Lipinski definition) is 3. The van der Waals surface area contributed by atoms with Gasteiger partial charge in [0.25, 0.3) is 0 Å². The van der Waals surface area contributed by atoms with Crippen LogP contribution in [0.2, 0.25) is 0 Å². The molecule has 0 amide bonds. The maximum atomic E-state index is 9.12. The Morgan fingerprint density at radius 2 is 2.38 bits per heavy atom. The van der Waals surface area contributed by atoms with Crippen LogP contribution in [0.4, 0.5) is 0 Å². The molecule has 0 radical (unpaired) electrons. The number of nitrogens with zero attached hydrogens (tertiary/aromatic N) is 3. The van der Waals surface area contributed by atoms with E-state index in [2.05, 4.69) is 17.2 Å². The monoisotopic (exact) mass is 183 g/mol. The van der Waals surface area contributed by atoms with Gasteiger partial charge in [-0.2, -0.15) is 0 Å². The first kappa shape index (κ1) is 10.2. The highest BCUT2D eigenvalue weighted by Crippen LogP contribution is 2.03. The lowest BCUT2D eigenvalue weighted by atomic mass is 10.2. The number of aryl methyl sites for hydroxylation is 2. The van der Waals surface area contributed by atoms with E-state index in [9.17, 15) is 0 Å². The van der Waals surface area contributed by atoms with Gasteiger partial charge in [-0.3, -0.25) is 0 Å². The standard InChI is InChI=1S/C9H17N3O/c1-3-6-12-9(7-10-11-12)5-4-8(2)13/h7-8,13H,3-6H2,1-2H3. The van der Waals surface area contributed by atoms with Crippen LogP contribution in [0.25, 0.3) is 0 Å². The molecule has 0 saturated heterocycles. The molecule has 1 rings (SSSR count). The number of aliphatic hydroxyl groups excluding tert-OH is 1. The maximum absolute atomic E-state index is 9.12. The fraction of sp³-hybridized carbons (Fsp3) is 0.778. The molecule has 0 aliphatic carbocycles. The van der Waals surface area contributed by atoms with Gasteiger partial charge in [-0.1, -0.05) is 12.1 Å². The van der Waals surface area contributed by atoms with E-state index in [0.717, 1.165) is 31.5 Å². The van der Waals surface area contributed by atoms with Gasteiger partial charge in [0, 0.05) is 6.54 Å². The van der Waals surface area contributed by atoms with Gasteiger partial charge in [0.05, 0.1) is 18.0 Å². The summed E-state index contributed by atoms with van der Waals surface area (Å²) in [5, 5.41) is 16.9.